The molecule has 0 aliphatic carbocycles. The zero-order valence-corrected chi connectivity index (χ0v) is 13.1. The maximum atomic E-state index is 12.0. The minimum atomic E-state index is -0.466. The van der Waals surface area contributed by atoms with Gasteiger partial charge >= 0.3 is 5.97 Å². The second-order valence-corrected chi connectivity index (χ2v) is 5.02. The van der Waals surface area contributed by atoms with Gasteiger partial charge in [-0.2, -0.15) is 0 Å². The maximum absolute atomic E-state index is 12.0. The fourth-order valence-electron chi connectivity index (χ4n) is 2.06. The van der Waals surface area contributed by atoms with Crippen molar-refractivity contribution in [2.75, 3.05) is 12.4 Å². The van der Waals surface area contributed by atoms with Crippen LogP contribution in [0.25, 0.3) is 11.4 Å². The van der Waals surface area contributed by atoms with Crippen molar-refractivity contribution in [3.05, 3.63) is 72.3 Å². The van der Waals surface area contributed by atoms with Crippen molar-refractivity contribution in [2.24, 2.45) is 0 Å². The number of aromatic nitrogens is 3. The number of rotatable bonds is 5. The molecule has 0 aromatic carbocycles. The summed E-state index contributed by atoms with van der Waals surface area (Å²) >= 11 is 0. The third-order valence-corrected chi connectivity index (χ3v) is 3.38. The first kappa shape index (κ1) is 15.6. The Labute approximate surface area is 139 Å². The maximum Gasteiger partial charge on any atom is 0.357 e. The molecule has 24 heavy (non-hydrogen) atoms. The van der Waals surface area contributed by atoms with Gasteiger partial charge in [0.2, 0.25) is 0 Å². The number of nitrogens with zero attached hydrogens (tertiary/aromatic N) is 3. The van der Waals surface area contributed by atoms with E-state index in [0.29, 0.717) is 0 Å². The Bertz CT molecular complexity index is 803. The molecule has 0 atom stereocenters. The molecule has 3 aromatic rings. The van der Waals surface area contributed by atoms with Crippen LogP contribution in [0.2, 0.25) is 0 Å². The normalized spacial score (nSPS) is 10.2. The average molecular weight is 320 g/mol. The van der Waals surface area contributed by atoms with E-state index in [1.165, 1.54) is 0 Å². The number of esters is 1. The topological polar surface area (TPSA) is 77.0 Å². The lowest BCUT2D eigenvalue weighted by atomic mass is 10.2. The highest BCUT2D eigenvalue weighted by Gasteiger charge is 2.09. The first-order valence-electron chi connectivity index (χ1n) is 7.43. The fourth-order valence-corrected chi connectivity index (χ4v) is 2.06. The number of pyridine rings is 3. The average Bonchev–Trinajstić information content (AvgIpc) is 2.67. The molecule has 0 saturated carbocycles. The van der Waals surface area contributed by atoms with Crippen LogP contribution < -0.4 is 5.32 Å². The zero-order valence-electron chi connectivity index (χ0n) is 13.1. The van der Waals surface area contributed by atoms with Gasteiger partial charge in [-0.15, -0.1) is 0 Å². The smallest absolute Gasteiger partial charge is 0.357 e. The molecule has 0 aliphatic heterocycles. The van der Waals surface area contributed by atoms with E-state index in [2.05, 4.69) is 20.3 Å². The molecule has 120 valence electrons. The van der Waals surface area contributed by atoms with Crippen molar-refractivity contribution in [1.82, 2.24) is 15.0 Å². The van der Waals surface area contributed by atoms with Crippen molar-refractivity contribution in [2.45, 2.75) is 6.61 Å². The van der Waals surface area contributed by atoms with Crippen LogP contribution in [-0.4, -0.2) is 28.0 Å². The molecule has 0 spiro atoms. The van der Waals surface area contributed by atoms with E-state index in [-0.39, 0.29) is 12.3 Å². The van der Waals surface area contributed by atoms with Gasteiger partial charge in [0, 0.05) is 25.0 Å². The molecular formula is C18H16N4O2. The van der Waals surface area contributed by atoms with Crippen LogP contribution in [0.3, 0.4) is 0 Å². The Balaban J connectivity index is 1.61. The molecular weight excluding hydrogens is 304 g/mol. The number of carbonyl (C=O) groups is 1. The number of hydrogen-bond acceptors (Lipinski definition) is 6. The highest BCUT2D eigenvalue weighted by Crippen LogP contribution is 2.14. The molecule has 6 heteroatoms. The molecule has 3 aromatic heterocycles. The summed E-state index contributed by atoms with van der Waals surface area (Å²) in [6.07, 6.45) is 4.98. The van der Waals surface area contributed by atoms with Crippen molar-refractivity contribution in [3.8, 4) is 11.4 Å². The Kier molecular flexibility index (Phi) is 4.76. The van der Waals surface area contributed by atoms with Crippen LogP contribution in [0.15, 0.2) is 61.1 Å². The lowest BCUT2D eigenvalue weighted by molar-refractivity contribution is 0.0465. The molecule has 6 nitrogen and oxygen atoms in total. The Morgan fingerprint density at radius 1 is 1.00 bits per heavy atom. The molecule has 0 aliphatic rings. The van der Waals surface area contributed by atoms with Crippen LogP contribution in [0, 0.1) is 0 Å². The van der Waals surface area contributed by atoms with Gasteiger partial charge in [-0.25, -0.2) is 9.78 Å². The summed E-state index contributed by atoms with van der Waals surface area (Å²) < 4.78 is 5.26. The molecule has 0 bridgehead atoms. The van der Waals surface area contributed by atoms with E-state index in [1.807, 2.05) is 30.3 Å². The van der Waals surface area contributed by atoms with Gasteiger partial charge in [0.1, 0.15) is 12.3 Å². The van der Waals surface area contributed by atoms with Crippen molar-refractivity contribution >= 4 is 11.7 Å². The Hall–Kier alpha value is -3.28. The lowest BCUT2D eigenvalue weighted by Gasteiger charge is -2.06. The van der Waals surface area contributed by atoms with Gasteiger partial charge in [0.25, 0.3) is 0 Å². The van der Waals surface area contributed by atoms with E-state index < -0.39 is 5.97 Å². The number of carbonyl (C=O) groups excluding carboxylic acids is 1. The van der Waals surface area contributed by atoms with Crippen molar-refractivity contribution in [3.63, 3.8) is 0 Å². The Morgan fingerprint density at radius 2 is 1.88 bits per heavy atom. The third-order valence-electron chi connectivity index (χ3n) is 3.38. The SMILES string of the molecule is CNc1ccc(C(=O)OCc2ccc(-c3ccccn3)nc2)nc1. The van der Waals surface area contributed by atoms with E-state index in [9.17, 15) is 4.79 Å². The summed E-state index contributed by atoms with van der Waals surface area (Å²) in [5.41, 5.74) is 3.48. The minimum absolute atomic E-state index is 0.143. The summed E-state index contributed by atoms with van der Waals surface area (Å²) in [6, 6.07) is 12.8. The van der Waals surface area contributed by atoms with Gasteiger partial charge in [0.05, 0.1) is 23.3 Å². The predicted molar refractivity (Wildman–Crippen MR) is 90.4 cm³/mol. The zero-order chi connectivity index (χ0) is 16.8. The summed E-state index contributed by atoms with van der Waals surface area (Å²) in [5.74, 6) is -0.466. The number of anilines is 1. The molecule has 1 N–H and O–H groups in total. The van der Waals surface area contributed by atoms with Gasteiger partial charge in [-0.05, 0) is 30.3 Å². The minimum Gasteiger partial charge on any atom is -0.456 e. The second-order valence-electron chi connectivity index (χ2n) is 5.02. The number of hydrogen-bond donors (Lipinski definition) is 1. The molecule has 0 saturated heterocycles. The molecule has 0 unspecified atom stereocenters. The Morgan fingerprint density at radius 3 is 2.50 bits per heavy atom. The monoisotopic (exact) mass is 320 g/mol. The molecule has 3 rings (SSSR count). The molecule has 0 fully saturated rings. The standard InChI is InChI=1S/C18H16N4O2/c1-19-14-6-8-17(22-11-14)18(23)24-12-13-5-7-16(21-10-13)15-4-2-3-9-20-15/h2-11,19H,12H2,1H3. The molecule has 0 amide bonds. The number of ether oxygens (including phenoxy) is 1. The van der Waals surface area contributed by atoms with Crippen LogP contribution in [0.5, 0.6) is 0 Å². The van der Waals surface area contributed by atoms with Crippen molar-refractivity contribution in [1.29, 1.82) is 0 Å². The first-order chi connectivity index (χ1) is 11.8. The van der Waals surface area contributed by atoms with E-state index >= 15 is 0 Å². The van der Waals surface area contributed by atoms with Crippen molar-refractivity contribution < 1.29 is 9.53 Å². The largest absolute Gasteiger partial charge is 0.456 e. The van der Waals surface area contributed by atoms with E-state index in [0.717, 1.165) is 22.6 Å². The van der Waals surface area contributed by atoms with Crippen LogP contribution in [0.4, 0.5) is 5.69 Å². The predicted octanol–water partition coefficient (Wildman–Crippen LogP) is 2.94. The van der Waals surface area contributed by atoms with Gasteiger partial charge in [0.15, 0.2) is 0 Å². The van der Waals surface area contributed by atoms with Crippen LogP contribution >= 0.6 is 0 Å². The fraction of sp³-hybridized carbons (Fsp3) is 0.111. The number of nitrogens with one attached hydrogen (secondary N) is 1. The molecule has 3 heterocycles. The third kappa shape index (κ3) is 3.73. The lowest BCUT2D eigenvalue weighted by Crippen LogP contribution is -2.07. The summed E-state index contributed by atoms with van der Waals surface area (Å²) in [4.78, 5) is 24.6. The van der Waals surface area contributed by atoms with Gasteiger partial charge < -0.3 is 10.1 Å². The molecule has 0 radical (unpaired) electrons. The van der Waals surface area contributed by atoms with E-state index in [1.54, 1.807) is 37.8 Å². The van der Waals surface area contributed by atoms with Gasteiger partial charge in [-0.3, -0.25) is 9.97 Å². The van der Waals surface area contributed by atoms with Gasteiger partial charge in [-0.1, -0.05) is 12.1 Å². The summed E-state index contributed by atoms with van der Waals surface area (Å²) in [5, 5.41) is 2.94. The highest BCUT2D eigenvalue weighted by atomic mass is 16.5. The van der Waals surface area contributed by atoms with Crippen LogP contribution in [0.1, 0.15) is 16.1 Å². The van der Waals surface area contributed by atoms with Crippen LogP contribution in [-0.2, 0) is 11.3 Å². The first-order valence-corrected chi connectivity index (χ1v) is 7.43. The summed E-state index contributed by atoms with van der Waals surface area (Å²) in [7, 11) is 1.79. The highest BCUT2D eigenvalue weighted by molar-refractivity contribution is 5.87. The van der Waals surface area contributed by atoms with E-state index in [4.69, 9.17) is 4.74 Å². The quantitative estimate of drug-likeness (QED) is 0.728. The summed E-state index contributed by atoms with van der Waals surface area (Å²) in [6.45, 7) is 0.143. The second kappa shape index (κ2) is 7.32.